The molecule has 0 aliphatic heterocycles. The summed E-state index contributed by atoms with van der Waals surface area (Å²) in [5, 5.41) is 10.4. The summed E-state index contributed by atoms with van der Waals surface area (Å²) in [5.74, 6) is 1.33. The minimum Gasteiger partial charge on any atom is -0.493 e. The highest BCUT2D eigenvalue weighted by Crippen LogP contribution is 2.29. The number of aryl methyl sites for hydroxylation is 1. The Bertz CT molecular complexity index is 1000. The van der Waals surface area contributed by atoms with E-state index >= 15 is 0 Å². The van der Waals surface area contributed by atoms with Gasteiger partial charge in [-0.2, -0.15) is 0 Å². The molecule has 1 unspecified atom stereocenters. The number of aliphatic hydroxyl groups excluding tert-OH is 1. The first-order chi connectivity index (χ1) is 15.4. The van der Waals surface area contributed by atoms with Crippen molar-refractivity contribution in [1.29, 1.82) is 0 Å². The van der Waals surface area contributed by atoms with E-state index in [-0.39, 0.29) is 6.61 Å². The lowest BCUT2D eigenvalue weighted by Gasteiger charge is -2.22. The summed E-state index contributed by atoms with van der Waals surface area (Å²) in [6.07, 6.45) is 1.51. The number of rotatable bonds is 12. The first-order valence-electron chi connectivity index (χ1n) is 11.3. The number of fused-ring (bicyclic) bond motifs is 1. The molecule has 1 aromatic carbocycles. The van der Waals surface area contributed by atoms with Gasteiger partial charge in [-0.15, -0.1) is 0 Å². The predicted octanol–water partition coefficient (Wildman–Crippen LogP) is 3.36. The second-order valence-corrected chi connectivity index (χ2v) is 8.18. The molecule has 0 saturated carbocycles. The van der Waals surface area contributed by atoms with Crippen LogP contribution in [-0.4, -0.2) is 70.8 Å². The lowest BCUT2D eigenvalue weighted by molar-refractivity contribution is 0.0705. The van der Waals surface area contributed by atoms with E-state index in [2.05, 4.69) is 59.3 Å². The number of methoxy groups -OCH3 is 1. The largest absolute Gasteiger partial charge is 0.493 e. The Balaban J connectivity index is 1.65. The van der Waals surface area contributed by atoms with Crippen LogP contribution in [0.5, 0.6) is 11.5 Å². The molecular formula is C25H36N4O3. The van der Waals surface area contributed by atoms with Gasteiger partial charge in [-0.25, -0.2) is 4.98 Å². The van der Waals surface area contributed by atoms with Crippen LogP contribution in [0.15, 0.2) is 42.6 Å². The van der Waals surface area contributed by atoms with Crippen molar-refractivity contribution >= 4 is 5.65 Å². The molecule has 0 fully saturated rings. The Kier molecular flexibility index (Phi) is 8.50. The monoisotopic (exact) mass is 440 g/mol. The van der Waals surface area contributed by atoms with E-state index in [0.29, 0.717) is 18.0 Å². The van der Waals surface area contributed by atoms with E-state index in [0.717, 1.165) is 43.1 Å². The van der Waals surface area contributed by atoms with E-state index < -0.39 is 6.10 Å². The zero-order chi connectivity index (χ0) is 23.1. The Hall–Kier alpha value is -2.61. The molecule has 0 radical (unpaired) electrons. The second-order valence-electron chi connectivity index (χ2n) is 8.18. The number of aliphatic hydroxyl groups is 1. The van der Waals surface area contributed by atoms with Crippen LogP contribution in [0.3, 0.4) is 0 Å². The van der Waals surface area contributed by atoms with Gasteiger partial charge in [0.1, 0.15) is 18.4 Å². The van der Waals surface area contributed by atoms with Crippen molar-refractivity contribution in [3.05, 3.63) is 59.5 Å². The average molecular weight is 441 g/mol. The molecule has 0 amide bonds. The first-order valence-corrected chi connectivity index (χ1v) is 11.3. The van der Waals surface area contributed by atoms with Crippen LogP contribution in [0.25, 0.3) is 5.65 Å². The highest BCUT2D eigenvalue weighted by Gasteiger charge is 2.14. The van der Waals surface area contributed by atoms with Gasteiger partial charge >= 0.3 is 0 Å². The van der Waals surface area contributed by atoms with Gasteiger partial charge in [0, 0.05) is 25.8 Å². The maximum Gasteiger partial charge on any atom is 0.161 e. The maximum absolute atomic E-state index is 10.4. The Morgan fingerprint density at radius 1 is 1.09 bits per heavy atom. The topological polar surface area (TPSA) is 62.5 Å². The highest BCUT2D eigenvalue weighted by molar-refractivity contribution is 5.44. The third-order valence-corrected chi connectivity index (χ3v) is 5.72. The molecule has 7 heteroatoms. The van der Waals surface area contributed by atoms with Crippen LogP contribution in [0.4, 0.5) is 0 Å². The van der Waals surface area contributed by atoms with Crippen molar-refractivity contribution in [2.45, 2.75) is 40.0 Å². The molecule has 1 N–H and O–H groups in total. The van der Waals surface area contributed by atoms with Crippen molar-refractivity contribution in [2.75, 3.05) is 40.4 Å². The smallest absolute Gasteiger partial charge is 0.161 e. The molecule has 2 aromatic heterocycles. The predicted molar refractivity (Wildman–Crippen MR) is 127 cm³/mol. The minimum absolute atomic E-state index is 0.229. The van der Waals surface area contributed by atoms with Gasteiger partial charge in [0.15, 0.2) is 11.5 Å². The third kappa shape index (κ3) is 6.00. The molecule has 174 valence electrons. The number of ether oxygens (including phenoxy) is 2. The van der Waals surface area contributed by atoms with E-state index in [1.165, 1.54) is 5.69 Å². The fourth-order valence-corrected chi connectivity index (χ4v) is 3.93. The van der Waals surface area contributed by atoms with Crippen molar-refractivity contribution in [3.8, 4) is 11.5 Å². The van der Waals surface area contributed by atoms with Crippen molar-refractivity contribution in [3.63, 3.8) is 0 Å². The normalized spacial score (nSPS) is 12.6. The standard InChI is InChI=1S/C25H36N4O3/c1-6-28(7-2)16-21(30)18-32-24-14-20(11-12-23(24)31-5)15-27(4)17-22-19(3)26-25-10-8-9-13-29(22)25/h8-14,21,30H,6-7,15-18H2,1-5H3. The van der Waals surface area contributed by atoms with Crippen LogP contribution >= 0.6 is 0 Å². The van der Waals surface area contributed by atoms with Crippen LogP contribution in [0.2, 0.25) is 0 Å². The Morgan fingerprint density at radius 2 is 1.88 bits per heavy atom. The summed E-state index contributed by atoms with van der Waals surface area (Å²) >= 11 is 0. The molecule has 0 spiro atoms. The van der Waals surface area contributed by atoms with Gasteiger partial charge in [-0.05, 0) is 56.9 Å². The summed E-state index contributed by atoms with van der Waals surface area (Å²) in [4.78, 5) is 9.09. The third-order valence-electron chi connectivity index (χ3n) is 5.72. The molecule has 0 bridgehead atoms. The quantitative estimate of drug-likeness (QED) is 0.466. The van der Waals surface area contributed by atoms with Crippen molar-refractivity contribution in [2.24, 2.45) is 0 Å². The number of nitrogens with zero attached hydrogens (tertiary/aromatic N) is 4. The summed E-state index contributed by atoms with van der Waals surface area (Å²) in [6, 6.07) is 12.0. The lowest BCUT2D eigenvalue weighted by Crippen LogP contribution is -2.35. The van der Waals surface area contributed by atoms with Gasteiger partial charge in [0.05, 0.1) is 18.5 Å². The Morgan fingerprint density at radius 3 is 2.59 bits per heavy atom. The summed E-state index contributed by atoms with van der Waals surface area (Å²) in [7, 11) is 3.73. The van der Waals surface area contributed by atoms with Crippen molar-refractivity contribution < 1.29 is 14.6 Å². The molecular weight excluding hydrogens is 404 g/mol. The number of likely N-dealkylation sites (N-methyl/N-ethyl adjacent to an activating group) is 1. The number of pyridine rings is 1. The number of imidazole rings is 1. The molecule has 7 nitrogen and oxygen atoms in total. The SMILES string of the molecule is CCN(CC)CC(O)COc1cc(CN(C)Cc2c(C)nc3ccccn23)ccc1OC. The van der Waals surface area contributed by atoms with Gasteiger partial charge in [0.25, 0.3) is 0 Å². The molecule has 3 rings (SSSR count). The fourth-order valence-electron chi connectivity index (χ4n) is 3.93. The van der Waals surface area contributed by atoms with E-state index in [9.17, 15) is 5.11 Å². The lowest BCUT2D eigenvalue weighted by atomic mass is 10.2. The zero-order valence-corrected chi connectivity index (χ0v) is 19.9. The fraction of sp³-hybridized carbons (Fsp3) is 0.480. The molecule has 1 atom stereocenters. The van der Waals surface area contributed by atoms with Gasteiger partial charge in [0.2, 0.25) is 0 Å². The number of hydrogen-bond donors (Lipinski definition) is 1. The van der Waals surface area contributed by atoms with Crippen molar-refractivity contribution in [1.82, 2.24) is 19.2 Å². The summed E-state index contributed by atoms with van der Waals surface area (Å²) < 4.78 is 13.6. The van der Waals surface area contributed by atoms with Crippen LogP contribution in [0.1, 0.15) is 30.8 Å². The maximum atomic E-state index is 10.4. The molecule has 32 heavy (non-hydrogen) atoms. The number of hydrogen-bond acceptors (Lipinski definition) is 6. The number of benzene rings is 1. The van der Waals surface area contributed by atoms with Crippen LogP contribution in [-0.2, 0) is 13.1 Å². The van der Waals surface area contributed by atoms with E-state index in [1.807, 2.05) is 30.3 Å². The molecule has 0 aliphatic rings. The highest BCUT2D eigenvalue weighted by atomic mass is 16.5. The number of aromatic nitrogens is 2. The zero-order valence-electron chi connectivity index (χ0n) is 19.9. The minimum atomic E-state index is -0.552. The molecule has 3 aromatic rings. The summed E-state index contributed by atoms with van der Waals surface area (Å²) in [5.41, 5.74) is 4.32. The van der Waals surface area contributed by atoms with Gasteiger partial charge in [-0.1, -0.05) is 26.0 Å². The second kappa shape index (κ2) is 11.3. The van der Waals surface area contributed by atoms with Gasteiger partial charge < -0.3 is 23.9 Å². The van der Waals surface area contributed by atoms with E-state index in [4.69, 9.17) is 9.47 Å². The van der Waals surface area contributed by atoms with Crippen LogP contribution < -0.4 is 9.47 Å². The average Bonchev–Trinajstić information content (AvgIpc) is 3.11. The van der Waals surface area contributed by atoms with E-state index in [1.54, 1.807) is 7.11 Å². The molecule has 0 aliphatic carbocycles. The molecule has 2 heterocycles. The summed E-state index contributed by atoms with van der Waals surface area (Å²) in [6.45, 7) is 10.4. The van der Waals surface area contributed by atoms with Gasteiger partial charge in [-0.3, -0.25) is 4.90 Å². The Labute approximate surface area is 191 Å². The first kappa shape index (κ1) is 24.0. The van der Waals surface area contributed by atoms with Crippen LogP contribution in [0, 0.1) is 6.92 Å². The molecule has 0 saturated heterocycles.